The maximum absolute atomic E-state index is 12.1. The molecule has 0 atom stereocenters. The molecule has 0 fully saturated rings. The first kappa shape index (κ1) is 13.0. The van der Waals surface area contributed by atoms with E-state index < -0.39 is 5.82 Å². The third kappa shape index (κ3) is 4.63. The van der Waals surface area contributed by atoms with Crippen molar-refractivity contribution in [3.8, 4) is 0 Å². The average Bonchev–Trinajstić information content (AvgIpc) is 2.28. The summed E-state index contributed by atoms with van der Waals surface area (Å²) in [5, 5.41) is -0.0764. The smallest absolute Gasteiger partial charge is 0.164 e. The van der Waals surface area contributed by atoms with Gasteiger partial charge in [0.05, 0.1) is 6.20 Å². The molecule has 2 aromatic rings. The molecule has 0 aromatic carbocycles. The van der Waals surface area contributed by atoms with Crippen molar-refractivity contribution in [1.82, 2.24) is 9.97 Å². The van der Waals surface area contributed by atoms with Gasteiger partial charge in [-0.05, 0) is 40.2 Å². The number of nitrogens with zero attached hydrogens (tertiary/aromatic N) is 2. The molecule has 0 aliphatic rings. The Bertz CT molecular complexity index is 409. The maximum Gasteiger partial charge on any atom is 0.164 e. The molecular formula is C10H6BrClF2N2. The Morgan fingerprint density at radius 3 is 2.25 bits per heavy atom. The number of rotatable bonds is 0. The highest BCUT2D eigenvalue weighted by Gasteiger charge is 1.93. The fraction of sp³-hybridized carbons (Fsp3) is 0. The topological polar surface area (TPSA) is 25.8 Å². The van der Waals surface area contributed by atoms with Crippen molar-refractivity contribution in [3.05, 3.63) is 58.0 Å². The van der Waals surface area contributed by atoms with Crippen molar-refractivity contribution >= 4 is 27.5 Å². The Hall–Kier alpha value is -1.07. The minimum absolute atomic E-state index is 0.0764. The molecule has 16 heavy (non-hydrogen) atoms. The van der Waals surface area contributed by atoms with Crippen LogP contribution in [0.2, 0.25) is 5.15 Å². The molecule has 6 heteroatoms. The number of aromatic nitrogens is 2. The molecule has 0 bridgehead atoms. The largest absolute Gasteiger partial charge is 0.246 e. The van der Waals surface area contributed by atoms with Crippen LogP contribution in [0.15, 0.2) is 41.3 Å². The number of hydrogen-bond acceptors (Lipinski definition) is 2. The molecule has 2 heterocycles. The van der Waals surface area contributed by atoms with E-state index in [1.54, 1.807) is 6.07 Å². The Balaban J connectivity index is 0.000000160. The molecule has 2 aromatic heterocycles. The van der Waals surface area contributed by atoms with Crippen LogP contribution in [0.1, 0.15) is 0 Å². The molecule has 84 valence electrons. The molecule has 2 rings (SSSR count). The van der Waals surface area contributed by atoms with Gasteiger partial charge in [0.25, 0.3) is 0 Å². The molecule has 0 N–H and O–H groups in total. The second-order valence-corrected chi connectivity index (χ2v) is 3.75. The predicted octanol–water partition coefficient (Wildman–Crippen LogP) is 3.86. The van der Waals surface area contributed by atoms with Crippen LogP contribution >= 0.6 is 27.5 Å². The van der Waals surface area contributed by atoms with Gasteiger partial charge >= 0.3 is 0 Å². The van der Waals surface area contributed by atoms with Crippen LogP contribution in [0.5, 0.6) is 0 Å². The van der Waals surface area contributed by atoms with Gasteiger partial charge in [-0.25, -0.2) is 18.7 Å². The molecule has 0 aliphatic carbocycles. The summed E-state index contributed by atoms with van der Waals surface area (Å²) in [4.78, 5) is 7.09. The van der Waals surface area contributed by atoms with Gasteiger partial charge in [0.15, 0.2) is 11.0 Å². The molecular weight excluding hydrogens is 301 g/mol. The monoisotopic (exact) mass is 306 g/mol. The lowest BCUT2D eigenvalue weighted by Crippen LogP contribution is -1.77. The quantitative estimate of drug-likeness (QED) is 0.691. The Morgan fingerprint density at radius 1 is 1.12 bits per heavy atom. The van der Waals surface area contributed by atoms with E-state index in [1.807, 2.05) is 0 Å². The molecule has 0 unspecified atom stereocenters. The van der Waals surface area contributed by atoms with E-state index in [0.717, 1.165) is 6.20 Å². The number of hydrogen-bond donors (Lipinski definition) is 0. The summed E-state index contributed by atoms with van der Waals surface area (Å²) in [6.07, 6.45) is 2.59. The molecule has 0 spiro atoms. The zero-order valence-electron chi connectivity index (χ0n) is 7.87. The van der Waals surface area contributed by atoms with Gasteiger partial charge in [-0.15, -0.1) is 0 Å². The molecule has 0 saturated heterocycles. The van der Waals surface area contributed by atoms with Crippen LogP contribution in [-0.2, 0) is 0 Å². The minimum atomic E-state index is -0.478. The highest BCUT2D eigenvalue weighted by molar-refractivity contribution is 9.10. The van der Waals surface area contributed by atoms with Gasteiger partial charge in [0.1, 0.15) is 10.4 Å². The second kappa shape index (κ2) is 6.50. The molecule has 0 aliphatic heterocycles. The third-order valence-corrected chi connectivity index (χ3v) is 2.15. The van der Waals surface area contributed by atoms with Gasteiger partial charge < -0.3 is 0 Å². The standard InChI is InChI=1S/C5H3BrFN.C5H3ClFN/c6-5-2-1-4(7)3-8-5;6-5-4(7)2-1-3-8-5/h2*1-3H. The number of pyridine rings is 2. The minimum Gasteiger partial charge on any atom is -0.246 e. The van der Waals surface area contributed by atoms with Gasteiger partial charge in [-0.2, -0.15) is 0 Å². The van der Waals surface area contributed by atoms with Gasteiger partial charge in [0.2, 0.25) is 0 Å². The lowest BCUT2D eigenvalue weighted by atomic mass is 10.5. The predicted molar refractivity (Wildman–Crippen MR) is 61.1 cm³/mol. The van der Waals surface area contributed by atoms with Crippen LogP contribution in [0.4, 0.5) is 8.78 Å². The zero-order chi connectivity index (χ0) is 12.0. The van der Waals surface area contributed by atoms with Crippen molar-refractivity contribution in [1.29, 1.82) is 0 Å². The van der Waals surface area contributed by atoms with E-state index in [2.05, 4.69) is 25.9 Å². The normalized spacial score (nSPS) is 9.25. The summed E-state index contributed by atoms with van der Waals surface area (Å²) in [5.74, 6) is -0.789. The van der Waals surface area contributed by atoms with Crippen molar-refractivity contribution in [2.75, 3.05) is 0 Å². The summed E-state index contributed by atoms with van der Waals surface area (Å²) < 4.78 is 24.8. The maximum atomic E-state index is 12.1. The Kier molecular flexibility index (Phi) is 5.28. The average molecular weight is 308 g/mol. The van der Waals surface area contributed by atoms with Crippen LogP contribution in [0.3, 0.4) is 0 Å². The lowest BCUT2D eigenvalue weighted by molar-refractivity contribution is 0.620. The van der Waals surface area contributed by atoms with Crippen molar-refractivity contribution in [2.24, 2.45) is 0 Å². The zero-order valence-corrected chi connectivity index (χ0v) is 10.2. The summed E-state index contributed by atoms with van der Waals surface area (Å²) >= 11 is 8.29. The van der Waals surface area contributed by atoms with E-state index in [9.17, 15) is 8.78 Å². The van der Waals surface area contributed by atoms with Crippen molar-refractivity contribution < 1.29 is 8.78 Å². The fourth-order valence-electron chi connectivity index (χ4n) is 0.724. The molecule has 0 amide bonds. The molecule has 0 radical (unpaired) electrons. The first-order chi connectivity index (χ1) is 7.59. The molecule has 0 saturated carbocycles. The fourth-order valence-corrected chi connectivity index (χ4v) is 1.08. The molecule has 2 nitrogen and oxygen atoms in total. The second-order valence-electron chi connectivity index (χ2n) is 2.58. The lowest BCUT2D eigenvalue weighted by Gasteiger charge is -1.86. The van der Waals surface area contributed by atoms with E-state index in [1.165, 1.54) is 24.4 Å². The SMILES string of the molecule is Fc1ccc(Br)nc1.Fc1cccnc1Cl. The first-order valence-corrected chi connectivity index (χ1v) is 5.30. The Labute approximate surface area is 104 Å². The van der Waals surface area contributed by atoms with Gasteiger partial charge in [0, 0.05) is 6.20 Å². The summed E-state index contributed by atoms with van der Waals surface area (Å²) in [5.41, 5.74) is 0. The summed E-state index contributed by atoms with van der Waals surface area (Å²) in [7, 11) is 0. The highest BCUT2D eigenvalue weighted by Crippen LogP contribution is 2.07. The van der Waals surface area contributed by atoms with E-state index in [0.29, 0.717) is 4.60 Å². The van der Waals surface area contributed by atoms with Crippen molar-refractivity contribution in [2.45, 2.75) is 0 Å². The van der Waals surface area contributed by atoms with Crippen molar-refractivity contribution in [3.63, 3.8) is 0 Å². The summed E-state index contributed by atoms with van der Waals surface area (Å²) in [6.45, 7) is 0. The van der Waals surface area contributed by atoms with Crippen LogP contribution in [0.25, 0.3) is 0 Å². The third-order valence-electron chi connectivity index (χ3n) is 1.40. The van der Waals surface area contributed by atoms with E-state index in [-0.39, 0.29) is 11.0 Å². The Morgan fingerprint density at radius 2 is 1.88 bits per heavy atom. The van der Waals surface area contributed by atoms with Crippen LogP contribution < -0.4 is 0 Å². The van der Waals surface area contributed by atoms with E-state index in [4.69, 9.17) is 11.6 Å². The number of halogens is 4. The highest BCUT2D eigenvalue weighted by atomic mass is 79.9. The summed E-state index contributed by atoms with van der Waals surface area (Å²) in [6, 6.07) is 5.64. The first-order valence-electron chi connectivity index (χ1n) is 4.12. The van der Waals surface area contributed by atoms with E-state index >= 15 is 0 Å². The van der Waals surface area contributed by atoms with Crippen LogP contribution in [-0.4, -0.2) is 9.97 Å². The van der Waals surface area contributed by atoms with Gasteiger partial charge in [-0.1, -0.05) is 11.6 Å². The van der Waals surface area contributed by atoms with Crippen LogP contribution in [0, 0.1) is 11.6 Å². The van der Waals surface area contributed by atoms with Gasteiger partial charge in [-0.3, -0.25) is 0 Å².